The molecule has 30 heavy (non-hydrogen) atoms. The average Bonchev–Trinajstić information content (AvgIpc) is 3.07. The molecule has 2 aromatic carbocycles. The van der Waals surface area contributed by atoms with Gasteiger partial charge in [-0.1, -0.05) is 6.07 Å². The summed E-state index contributed by atoms with van der Waals surface area (Å²) in [5.74, 6) is -1.12. The van der Waals surface area contributed by atoms with E-state index in [1.807, 2.05) is 0 Å². The first-order chi connectivity index (χ1) is 14.1. The molecule has 0 bridgehead atoms. The van der Waals surface area contributed by atoms with Crippen LogP contribution in [0.3, 0.4) is 0 Å². The molecule has 0 spiro atoms. The Kier molecular flexibility index (Phi) is 4.88. The largest absolute Gasteiger partial charge is 0.417 e. The number of piperazine rings is 1. The van der Waals surface area contributed by atoms with E-state index in [9.17, 15) is 26.4 Å². The van der Waals surface area contributed by atoms with Gasteiger partial charge in [0.05, 0.1) is 27.5 Å². The predicted molar refractivity (Wildman–Crippen MR) is 106 cm³/mol. The Morgan fingerprint density at radius 1 is 1.00 bits per heavy atom. The Morgan fingerprint density at radius 2 is 1.80 bits per heavy atom. The minimum absolute atomic E-state index is 0.0214. The number of carbonyl (C=O) groups is 1. The van der Waals surface area contributed by atoms with Crippen LogP contribution in [-0.2, 0) is 24.8 Å². The third kappa shape index (κ3) is 3.81. The molecule has 1 aromatic heterocycles. The van der Waals surface area contributed by atoms with Gasteiger partial charge in [0.2, 0.25) is 15.9 Å². The van der Waals surface area contributed by atoms with Gasteiger partial charge in [0.25, 0.3) is 10.0 Å². The Hall–Kier alpha value is -3.16. The minimum Gasteiger partial charge on any atom is -0.408 e. The lowest BCUT2D eigenvalue weighted by Gasteiger charge is -2.26. The fraction of sp³-hybridized carbons (Fsp3) is 0.176. The van der Waals surface area contributed by atoms with E-state index in [1.165, 1.54) is 42.5 Å². The van der Waals surface area contributed by atoms with Crippen molar-refractivity contribution in [1.82, 2.24) is 14.6 Å². The van der Waals surface area contributed by atoms with Crippen LogP contribution in [0.15, 0.2) is 61.5 Å². The summed E-state index contributed by atoms with van der Waals surface area (Å²) in [6.45, 7) is 0.00816. The third-order valence-electron chi connectivity index (χ3n) is 4.43. The number of H-pyrrole nitrogens is 1. The van der Waals surface area contributed by atoms with Gasteiger partial charge in [0.15, 0.2) is 5.58 Å². The SMILES string of the molecule is O=C1CN(S(=O)(=O)c2cccc(NS(=O)(=O)c3ccc4[nH]c(=O)oc4c3)c2)CCN1. The van der Waals surface area contributed by atoms with E-state index in [-0.39, 0.29) is 40.7 Å². The molecule has 158 valence electrons. The van der Waals surface area contributed by atoms with E-state index >= 15 is 0 Å². The van der Waals surface area contributed by atoms with Gasteiger partial charge in [0.1, 0.15) is 0 Å². The number of benzene rings is 2. The van der Waals surface area contributed by atoms with Crippen molar-refractivity contribution in [3.63, 3.8) is 0 Å². The zero-order chi connectivity index (χ0) is 21.5. The second kappa shape index (κ2) is 7.27. The number of nitrogens with one attached hydrogen (secondary N) is 3. The van der Waals surface area contributed by atoms with Crippen molar-refractivity contribution in [2.45, 2.75) is 9.79 Å². The summed E-state index contributed by atoms with van der Waals surface area (Å²) >= 11 is 0. The number of aromatic amines is 1. The summed E-state index contributed by atoms with van der Waals surface area (Å²) in [7, 11) is -8.07. The lowest BCUT2D eigenvalue weighted by molar-refractivity contribution is -0.122. The average molecular weight is 452 g/mol. The second-order valence-electron chi connectivity index (χ2n) is 6.49. The van der Waals surface area contributed by atoms with Crippen molar-refractivity contribution < 1.29 is 26.0 Å². The highest BCUT2D eigenvalue weighted by Gasteiger charge is 2.29. The molecular weight excluding hydrogens is 436 g/mol. The quantitative estimate of drug-likeness (QED) is 0.493. The van der Waals surface area contributed by atoms with Crippen LogP contribution in [0.25, 0.3) is 11.1 Å². The Bertz CT molecular complexity index is 1410. The number of amides is 1. The van der Waals surface area contributed by atoms with Crippen molar-refractivity contribution in [3.8, 4) is 0 Å². The molecule has 11 nitrogen and oxygen atoms in total. The molecule has 0 radical (unpaired) electrons. The zero-order valence-electron chi connectivity index (χ0n) is 15.3. The van der Waals surface area contributed by atoms with Crippen molar-refractivity contribution in [2.24, 2.45) is 0 Å². The first-order valence-corrected chi connectivity index (χ1v) is 11.6. The summed E-state index contributed by atoms with van der Waals surface area (Å²) in [5.41, 5.74) is 0.438. The van der Waals surface area contributed by atoms with Crippen LogP contribution in [0.2, 0.25) is 0 Å². The molecule has 1 saturated heterocycles. The van der Waals surface area contributed by atoms with Gasteiger partial charge in [-0.25, -0.2) is 21.6 Å². The highest BCUT2D eigenvalue weighted by Crippen LogP contribution is 2.23. The Labute approximate surface area is 170 Å². The fourth-order valence-corrected chi connectivity index (χ4v) is 5.50. The summed E-state index contributed by atoms with van der Waals surface area (Å²) in [6, 6.07) is 9.13. The molecule has 1 aliphatic rings. The maximum absolute atomic E-state index is 12.8. The molecule has 0 saturated carbocycles. The van der Waals surface area contributed by atoms with Crippen molar-refractivity contribution in [3.05, 3.63) is 53.0 Å². The number of rotatable bonds is 5. The monoisotopic (exact) mass is 452 g/mol. The smallest absolute Gasteiger partial charge is 0.408 e. The molecule has 1 aliphatic heterocycles. The number of aromatic nitrogens is 1. The lowest BCUT2D eigenvalue weighted by Crippen LogP contribution is -2.49. The van der Waals surface area contributed by atoms with Gasteiger partial charge in [0, 0.05) is 19.2 Å². The van der Waals surface area contributed by atoms with Gasteiger partial charge in [-0.3, -0.25) is 14.5 Å². The number of hydrogen-bond acceptors (Lipinski definition) is 7. The number of nitrogens with zero attached hydrogens (tertiary/aromatic N) is 1. The third-order valence-corrected chi connectivity index (χ3v) is 7.65. The lowest BCUT2D eigenvalue weighted by atomic mass is 10.3. The van der Waals surface area contributed by atoms with Crippen molar-refractivity contribution >= 4 is 42.7 Å². The molecule has 1 amide bonds. The summed E-state index contributed by atoms with van der Waals surface area (Å²) in [5, 5.41) is 2.54. The number of hydrogen-bond donors (Lipinski definition) is 3. The highest BCUT2D eigenvalue weighted by molar-refractivity contribution is 7.92. The molecule has 0 unspecified atom stereocenters. The summed E-state index contributed by atoms with van der Waals surface area (Å²) in [4.78, 5) is 24.9. The number of sulfonamides is 2. The number of anilines is 1. The Morgan fingerprint density at radius 3 is 2.57 bits per heavy atom. The molecule has 1 fully saturated rings. The standard InChI is InChI=1S/C17H16N4O7S2/c22-16-10-21(7-6-18-16)30(26,27)13-3-1-2-11(8-13)20-29(24,25)12-4-5-14-15(9-12)28-17(23)19-14/h1-5,8-9,20H,6-7,10H2,(H,18,22)(H,19,23). The van der Waals surface area contributed by atoms with Crippen LogP contribution in [0.1, 0.15) is 0 Å². The van der Waals surface area contributed by atoms with E-state index in [1.54, 1.807) is 0 Å². The predicted octanol–water partition coefficient (Wildman–Crippen LogP) is 0.0424. The van der Waals surface area contributed by atoms with Gasteiger partial charge in [-0.05, 0) is 30.3 Å². The van der Waals surface area contributed by atoms with Crippen LogP contribution in [0.4, 0.5) is 5.69 Å². The minimum atomic E-state index is -4.09. The van der Waals surface area contributed by atoms with E-state index in [2.05, 4.69) is 15.0 Å². The van der Waals surface area contributed by atoms with Gasteiger partial charge < -0.3 is 9.73 Å². The van der Waals surface area contributed by atoms with E-state index in [0.29, 0.717) is 5.52 Å². The van der Waals surface area contributed by atoms with Crippen LogP contribution in [-0.4, -0.2) is 51.7 Å². The Balaban J connectivity index is 1.63. The first-order valence-electron chi connectivity index (χ1n) is 8.68. The maximum Gasteiger partial charge on any atom is 0.417 e. The van der Waals surface area contributed by atoms with Crippen molar-refractivity contribution in [1.29, 1.82) is 0 Å². The van der Waals surface area contributed by atoms with Crippen molar-refractivity contribution in [2.75, 3.05) is 24.4 Å². The van der Waals surface area contributed by atoms with Gasteiger partial charge >= 0.3 is 5.76 Å². The van der Waals surface area contributed by atoms with Crippen LogP contribution < -0.4 is 15.8 Å². The van der Waals surface area contributed by atoms with Crippen LogP contribution in [0.5, 0.6) is 0 Å². The zero-order valence-corrected chi connectivity index (χ0v) is 16.9. The van der Waals surface area contributed by atoms with Gasteiger partial charge in [-0.2, -0.15) is 4.31 Å². The van der Waals surface area contributed by atoms with E-state index < -0.39 is 31.7 Å². The molecule has 3 N–H and O–H groups in total. The molecule has 2 heterocycles. The fourth-order valence-electron chi connectivity index (χ4n) is 3.00. The first kappa shape index (κ1) is 20.1. The summed E-state index contributed by atoms with van der Waals surface area (Å²) in [6.07, 6.45) is 0. The molecular formula is C17H16N4O7S2. The number of carbonyl (C=O) groups excluding carboxylic acids is 1. The molecule has 0 atom stereocenters. The van der Waals surface area contributed by atoms with E-state index in [4.69, 9.17) is 4.42 Å². The van der Waals surface area contributed by atoms with Gasteiger partial charge in [-0.15, -0.1) is 0 Å². The topological polar surface area (TPSA) is 159 Å². The summed E-state index contributed by atoms with van der Waals surface area (Å²) < 4.78 is 59.2. The molecule has 3 aromatic rings. The second-order valence-corrected chi connectivity index (χ2v) is 10.1. The highest BCUT2D eigenvalue weighted by atomic mass is 32.2. The number of fused-ring (bicyclic) bond motifs is 1. The van der Waals surface area contributed by atoms with Crippen LogP contribution >= 0.6 is 0 Å². The van der Waals surface area contributed by atoms with E-state index in [0.717, 1.165) is 4.31 Å². The molecule has 13 heteroatoms. The maximum atomic E-state index is 12.8. The number of oxazole rings is 1. The van der Waals surface area contributed by atoms with Crippen LogP contribution in [0, 0.1) is 0 Å². The molecule has 0 aliphatic carbocycles. The normalized spacial score (nSPS) is 15.8. The molecule has 4 rings (SSSR count).